The van der Waals surface area contributed by atoms with E-state index in [1.807, 2.05) is 36.5 Å². The number of hydrogen-bond acceptors (Lipinski definition) is 5. The lowest BCUT2D eigenvalue weighted by Crippen LogP contribution is -2.46. The Kier molecular flexibility index (Phi) is 47.2. The summed E-state index contributed by atoms with van der Waals surface area (Å²) < 4.78 is 5.88. The maximum Gasteiger partial charge on any atom is 0.306 e. The minimum absolute atomic E-state index is 0.0232. The van der Waals surface area contributed by atoms with E-state index in [9.17, 15) is 19.8 Å². The molecule has 6 heteroatoms. The van der Waals surface area contributed by atoms with Gasteiger partial charge in [-0.25, -0.2) is 0 Å². The summed E-state index contributed by atoms with van der Waals surface area (Å²) >= 11 is 0. The molecule has 0 aromatic carbocycles. The summed E-state index contributed by atoms with van der Waals surface area (Å²) in [6.45, 7) is 6.31. The van der Waals surface area contributed by atoms with E-state index in [1.165, 1.54) is 122 Å². The minimum Gasteiger partial charge on any atom is -0.462 e. The van der Waals surface area contributed by atoms with Crippen LogP contribution in [0.3, 0.4) is 0 Å². The van der Waals surface area contributed by atoms with Crippen LogP contribution in [0.1, 0.15) is 245 Å². The number of carbonyl (C=O) groups excluding carboxylic acids is 2. The van der Waals surface area contributed by atoms with Crippen molar-refractivity contribution >= 4 is 11.9 Å². The maximum absolute atomic E-state index is 13.2. The van der Waals surface area contributed by atoms with Crippen molar-refractivity contribution in [2.24, 2.45) is 0 Å². The van der Waals surface area contributed by atoms with Gasteiger partial charge in [0.15, 0.2) is 0 Å². The van der Waals surface area contributed by atoms with Crippen LogP contribution in [0.2, 0.25) is 0 Å². The molecule has 0 spiro atoms. The second-order valence-electron chi connectivity index (χ2n) is 17.7. The first-order chi connectivity index (χ1) is 30.5. The van der Waals surface area contributed by atoms with E-state index >= 15 is 0 Å². The number of unbranched alkanes of at least 4 members (excludes halogenated alkanes) is 26. The van der Waals surface area contributed by atoms with Gasteiger partial charge in [-0.1, -0.05) is 241 Å². The number of hydrogen-bond donors (Lipinski definition) is 3. The fourth-order valence-electron chi connectivity index (χ4n) is 7.67. The smallest absolute Gasteiger partial charge is 0.306 e. The molecule has 3 unspecified atom stereocenters. The molecule has 0 bridgehead atoms. The molecule has 0 aromatic heterocycles. The van der Waals surface area contributed by atoms with Crippen molar-refractivity contribution in [3.05, 3.63) is 72.9 Å². The van der Waals surface area contributed by atoms with Gasteiger partial charge in [0.05, 0.1) is 25.2 Å². The van der Waals surface area contributed by atoms with E-state index in [4.69, 9.17) is 4.74 Å². The van der Waals surface area contributed by atoms with Crippen LogP contribution < -0.4 is 5.32 Å². The van der Waals surface area contributed by atoms with E-state index in [0.29, 0.717) is 19.3 Å². The molecule has 0 aliphatic carbocycles. The zero-order valence-corrected chi connectivity index (χ0v) is 40.7. The van der Waals surface area contributed by atoms with Crippen molar-refractivity contribution in [3.8, 4) is 0 Å². The summed E-state index contributed by atoms with van der Waals surface area (Å²) in [4.78, 5) is 26.1. The van der Waals surface area contributed by atoms with Crippen LogP contribution in [0.15, 0.2) is 72.9 Å². The Morgan fingerprint density at radius 2 is 0.887 bits per heavy atom. The van der Waals surface area contributed by atoms with Crippen LogP contribution in [-0.4, -0.2) is 46.9 Å². The van der Waals surface area contributed by atoms with Crippen LogP contribution in [-0.2, 0) is 14.3 Å². The molecule has 0 aromatic rings. The average Bonchev–Trinajstić information content (AvgIpc) is 3.26. The largest absolute Gasteiger partial charge is 0.462 e. The summed E-state index contributed by atoms with van der Waals surface area (Å²) in [7, 11) is 0. The van der Waals surface area contributed by atoms with Crippen molar-refractivity contribution in [1.82, 2.24) is 5.32 Å². The number of nitrogens with one attached hydrogen (secondary N) is 1. The predicted molar refractivity (Wildman–Crippen MR) is 268 cm³/mol. The summed E-state index contributed by atoms with van der Waals surface area (Å²) in [5.41, 5.74) is 0. The van der Waals surface area contributed by atoms with Gasteiger partial charge >= 0.3 is 5.97 Å². The monoisotopic (exact) mass is 866 g/mol. The molecule has 62 heavy (non-hydrogen) atoms. The third kappa shape index (κ3) is 43.9. The molecular weight excluding hydrogens is 767 g/mol. The first-order valence-corrected chi connectivity index (χ1v) is 26.2. The van der Waals surface area contributed by atoms with Crippen LogP contribution in [0.4, 0.5) is 0 Å². The Balaban J connectivity index is 4.60. The third-order valence-electron chi connectivity index (χ3n) is 11.6. The molecule has 6 nitrogen and oxygen atoms in total. The second kappa shape index (κ2) is 49.3. The molecular formula is C56H99NO5. The topological polar surface area (TPSA) is 95.9 Å². The number of amides is 1. The number of carbonyl (C=O) groups is 2. The highest BCUT2D eigenvalue weighted by atomic mass is 16.5. The van der Waals surface area contributed by atoms with Gasteiger partial charge in [-0.05, 0) is 64.2 Å². The minimum atomic E-state index is -0.810. The standard InChI is InChI=1S/C56H99NO5/c1-4-7-10-13-16-19-22-24-26-27-28-29-31-34-37-40-43-46-49-56(61)62-52(47-44-41-38-35-32-21-18-15-12-9-6-3)50-55(60)57-53(51-58)54(59)48-45-42-39-36-33-30-25-23-20-17-14-11-8-5-2/h9,12,15,18,21,26-29,32,35,38,52-54,58-59H,4-8,10-11,13-14,16-17,19-20,22-25,30-31,33-34,36-37,39-51H2,1-3H3,(H,57,60)/b12-9+,18-15+,27-26+,29-28+,32-21-,38-35-. The Hall–Kier alpha value is -2.70. The summed E-state index contributed by atoms with van der Waals surface area (Å²) in [6.07, 6.45) is 62.6. The van der Waals surface area contributed by atoms with E-state index in [1.54, 1.807) is 0 Å². The van der Waals surface area contributed by atoms with Gasteiger partial charge < -0.3 is 20.3 Å². The quantitative estimate of drug-likeness (QED) is 0.0322. The maximum atomic E-state index is 13.2. The van der Waals surface area contributed by atoms with E-state index in [-0.39, 0.29) is 24.9 Å². The highest BCUT2D eigenvalue weighted by Gasteiger charge is 2.24. The van der Waals surface area contributed by atoms with Crippen LogP contribution in [0, 0.1) is 0 Å². The van der Waals surface area contributed by atoms with Crippen molar-refractivity contribution in [2.45, 2.75) is 264 Å². The van der Waals surface area contributed by atoms with Crippen molar-refractivity contribution in [2.75, 3.05) is 6.61 Å². The number of aliphatic hydroxyl groups excluding tert-OH is 2. The number of rotatable bonds is 46. The normalized spacial score (nSPS) is 13.8. The van der Waals surface area contributed by atoms with Gasteiger partial charge in [0, 0.05) is 6.42 Å². The summed E-state index contributed by atoms with van der Waals surface area (Å²) in [5.74, 6) is -0.560. The first kappa shape index (κ1) is 59.3. The van der Waals surface area contributed by atoms with Crippen LogP contribution in [0.5, 0.6) is 0 Å². The average molecular weight is 866 g/mol. The Morgan fingerprint density at radius 3 is 1.37 bits per heavy atom. The summed E-state index contributed by atoms with van der Waals surface area (Å²) in [6, 6.07) is -0.728. The van der Waals surface area contributed by atoms with Crippen molar-refractivity contribution in [1.29, 1.82) is 0 Å². The SMILES string of the molecule is CC/C=C/C=C/C=C\C=C/CCCC(CC(=O)NC(CO)C(O)CCCCCCCCCCCCCCCC)OC(=O)CCCCCCC/C=C/C=C/CCCCCCCCC. The number of aliphatic hydroxyl groups is 2. The van der Waals surface area contributed by atoms with Crippen LogP contribution >= 0.6 is 0 Å². The molecule has 0 heterocycles. The first-order valence-electron chi connectivity index (χ1n) is 26.2. The molecule has 0 aliphatic rings. The van der Waals surface area contributed by atoms with Gasteiger partial charge in [0.2, 0.25) is 5.91 Å². The fourth-order valence-corrected chi connectivity index (χ4v) is 7.67. The number of esters is 1. The van der Waals surface area contributed by atoms with E-state index in [0.717, 1.165) is 77.0 Å². The summed E-state index contributed by atoms with van der Waals surface area (Å²) in [5, 5.41) is 23.7. The molecule has 0 aliphatic heterocycles. The fraction of sp³-hybridized carbons (Fsp3) is 0.750. The van der Waals surface area contributed by atoms with E-state index in [2.05, 4.69) is 62.5 Å². The van der Waals surface area contributed by atoms with Crippen molar-refractivity contribution in [3.63, 3.8) is 0 Å². The van der Waals surface area contributed by atoms with Crippen LogP contribution in [0.25, 0.3) is 0 Å². The van der Waals surface area contributed by atoms with Crippen molar-refractivity contribution < 1.29 is 24.5 Å². The lowest BCUT2D eigenvalue weighted by molar-refractivity contribution is -0.151. The molecule has 0 fully saturated rings. The molecule has 3 atom stereocenters. The predicted octanol–water partition coefficient (Wildman–Crippen LogP) is 15.8. The number of allylic oxidation sites excluding steroid dienone is 12. The number of ether oxygens (including phenoxy) is 1. The highest BCUT2D eigenvalue weighted by molar-refractivity contribution is 5.77. The Morgan fingerprint density at radius 1 is 0.484 bits per heavy atom. The van der Waals surface area contributed by atoms with Gasteiger partial charge in [-0.2, -0.15) is 0 Å². The zero-order chi connectivity index (χ0) is 45.2. The molecule has 358 valence electrons. The molecule has 1 amide bonds. The highest BCUT2D eigenvalue weighted by Crippen LogP contribution is 2.17. The Labute approximate surface area is 383 Å². The van der Waals surface area contributed by atoms with E-state index < -0.39 is 18.2 Å². The Bertz CT molecular complexity index is 1150. The zero-order valence-electron chi connectivity index (χ0n) is 40.7. The molecule has 0 saturated heterocycles. The lowest BCUT2D eigenvalue weighted by atomic mass is 10.0. The third-order valence-corrected chi connectivity index (χ3v) is 11.6. The lowest BCUT2D eigenvalue weighted by Gasteiger charge is -2.24. The van der Waals surface area contributed by atoms with Gasteiger partial charge in [0.1, 0.15) is 6.10 Å². The van der Waals surface area contributed by atoms with Gasteiger partial charge in [-0.3, -0.25) is 9.59 Å². The van der Waals surface area contributed by atoms with Gasteiger partial charge in [-0.15, -0.1) is 0 Å². The molecule has 0 radical (unpaired) electrons. The molecule has 0 saturated carbocycles. The molecule has 3 N–H and O–H groups in total. The molecule has 0 rings (SSSR count). The second-order valence-corrected chi connectivity index (χ2v) is 17.7. The van der Waals surface area contributed by atoms with Gasteiger partial charge in [0.25, 0.3) is 0 Å².